The van der Waals surface area contributed by atoms with Crippen molar-refractivity contribution in [2.24, 2.45) is 0 Å². The standard InChI is InChI=1S/C14H14FNO3/c1-2-18-13-6-4-11(10-12(13)15)5-7-14(17)19-9-3-8-16/h4-7,10H,2-3,9H2,1H3/b7-5+. The Bertz CT molecular complexity index is 506. The highest BCUT2D eigenvalue weighted by Gasteiger charge is 2.03. The first-order valence-corrected chi connectivity index (χ1v) is 5.81. The third-order valence-electron chi connectivity index (χ3n) is 2.13. The van der Waals surface area contributed by atoms with Crippen molar-refractivity contribution in [2.45, 2.75) is 13.3 Å². The number of nitrogens with zero attached hydrogens (tertiary/aromatic N) is 1. The molecule has 0 aliphatic rings. The molecule has 0 aliphatic carbocycles. The fourth-order valence-corrected chi connectivity index (χ4v) is 1.30. The molecule has 0 heterocycles. The molecule has 0 unspecified atom stereocenters. The second-order valence-corrected chi connectivity index (χ2v) is 3.53. The van der Waals surface area contributed by atoms with Gasteiger partial charge in [-0.1, -0.05) is 6.07 Å². The van der Waals surface area contributed by atoms with E-state index in [1.807, 2.05) is 6.07 Å². The molecule has 0 saturated carbocycles. The second kappa shape index (κ2) is 7.88. The number of nitriles is 1. The van der Waals surface area contributed by atoms with Crippen molar-refractivity contribution in [1.29, 1.82) is 5.26 Å². The summed E-state index contributed by atoms with van der Waals surface area (Å²) in [5.41, 5.74) is 0.526. The molecule has 1 aromatic rings. The summed E-state index contributed by atoms with van der Waals surface area (Å²) in [5, 5.41) is 8.27. The summed E-state index contributed by atoms with van der Waals surface area (Å²) in [6.07, 6.45) is 2.78. The summed E-state index contributed by atoms with van der Waals surface area (Å²) < 4.78 is 23.3. The Morgan fingerprint density at radius 3 is 2.95 bits per heavy atom. The minimum Gasteiger partial charge on any atom is -0.491 e. The lowest BCUT2D eigenvalue weighted by Crippen LogP contribution is -2.01. The van der Waals surface area contributed by atoms with Gasteiger partial charge in [-0.15, -0.1) is 0 Å². The molecule has 0 atom stereocenters. The average molecular weight is 263 g/mol. The monoisotopic (exact) mass is 263 g/mol. The fourth-order valence-electron chi connectivity index (χ4n) is 1.30. The van der Waals surface area contributed by atoms with Gasteiger partial charge in [0.25, 0.3) is 0 Å². The average Bonchev–Trinajstić information content (AvgIpc) is 2.40. The SMILES string of the molecule is CCOc1ccc(/C=C/C(=O)OCCC#N)cc1F. The minimum absolute atomic E-state index is 0.0529. The largest absolute Gasteiger partial charge is 0.491 e. The van der Waals surface area contributed by atoms with Gasteiger partial charge >= 0.3 is 5.97 Å². The van der Waals surface area contributed by atoms with Crippen molar-refractivity contribution in [3.05, 3.63) is 35.7 Å². The van der Waals surface area contributed by atoms with Gasteiger partial charge in [-0.2, -0.15) is 5.26 Å². The van der Waals surface area contributed by atoms with E-state index in [0.717, 1.165) is 0 Å². The number of carbonyl (C=O) groups excluding carboxylic acids is 1. The van der Waals surface area contributed by atoms with Crippen LogP contribution in [0.3, 0.4) is 0 Å². The third-order valence-corrected chi connectivity index (χ3v) is 2.13. The van der Waals surface area contributed by atoms with E-state index >= 15 is 0 Å². The van der Waals surface area contributed by atoms with Crippen LogP contribution in [0.5, 0.6) is 5.75 Å². The van der Waals surface area contributed by atoms with E-state index in [4.69, 9.17) is 14.7 Å². The Morgan fingerprint density at radius 2 is 2.32 bits per heavy atom. The van der Waals surface area contributed by atoms with Crippen LogP contribution in [-0.4, -0.2) is 19.2 Å². The maximum Gasteiger partial charge on any atom is 0.330 e. The number of hydrogen-bond acceptors (Lipinski definition) is 4. The van der Waals surface area contributed by atoms with Crippen molar-refractivity contribution in [2.75, 3.05) is 13.2 Å². The summed E-state index contributed by atoms with van der Waals surface area (Å²) in [7, 11) is 0. The Balaban J connectivity index is 2.59. The maximum atomic E-state index is 13.5. The molecule has 0 bridgehead atoms. The Labute approximate surface area is 111 Å². The van der Waals surface area contributed by atoms with Gasteiger partial charge in [-0.25, -0.2) is 9.18 Å². The molecule has 0 fully saturated rings. The zero-order valence-electron chi connectivity index (χ0n) is 10.6. The highest BCUT2D eigenvalue weighted by molar-refractivity contribution is 5.87. The summed E-state index contributed by atoms with van der Waals surface area (Å²) in [6, 6.07) is 6.26. The molecule has 0 aromatic heterocycles. The molecule has 1 rings (SSSR count). The molecule has 19 heavy (non-hydrogen) atoms. The van der Waals surface area contributed by atoms with Crippen LogP contribution in [0, 0.1) is 17.1 Å². The van der Waals surface area contributed by atoms with E-state index in [1.165, 1.54) is 24.3 Å². The molecule has 0 spiro atoms. The van der Waals surface area contributed by atoms with Crippen molar-refractivity contribution < 1.29 is 18.7 Å². The lowest BCUT2D eigenvalue weighted by molar-refractivity contribution is -0.137. The van der Waals surface area contributed by atoms with Crippen LogP contribution in [-0.2, 0) is 9.53 Å². The molecule has 0 amide bonds. The lowest BCUT2D eigenvalue weighted by atomic mass is 10.2. The zero-order valence-corrected chi connectivity index (χ0v) is 10.6. The first kappa shape index (κ1) is 14.7. The number of rotatable bonds is 6. The highest BCUT2D eigenvalue weighted by atomic mass is 19.1. The van der Waals surface area contributed by atoms with Crippen LogP contribution in [0.25, 0.3) is 6.08 Å². The number of esters is 1. The van der Waals surface area contributed by atoms with Gasteiger partial charge in [0, 0.05) is 6.08 Å². The first-order valence-electron chi connectivity index (χ1n) is 5.81. The van der Waals surface area contributed by atoms with Gasteiger partial charge in [0.1, 0.15) is 6.61 Å². The van der Waals surface area contributed by atoms with E-state index in [-0.39, 0.29) is 18.8 Å². The molecule has 0 N–H and O–H groups in total. The zero-order chi connectivity index (χ0) is 14.1. The van der Waals surface area contributed by atoms with Gasteiger partial charge < -0.3 is 9.47 Å². The number of ether oxygens (including phenoxy) is 2. The smallest absolute Gasteiger partial charge is 0.330 e. The molecule has 0 aliphatic heterocycles. The number of benzene rings is 1. The predicted molar refractivity (Wildman–Crippen MR) is 67.8 cm³/mol. The number of carbonyl (C=O) groups is 1. The van der Waals surface area contributed by atoms with E-state index in [1.54, 1.807) is 13.0 Å². The molecular formula is C14H14FNO3. The van der Waals surface area contributed by atoms with Gasteiger partial charge in [-0.3, -0.25) is 0 Å². The summed E-state index contributed by atoms with van der Waals surface area (Å²) >= 11 is 0. The van der Waals surface area contributed by atoms with Gasteiger partial charge in [-0.05, 0) is 30.7 Å². The molecule has 100 valence electrons. The van der Waals surface area contributed by atoms with E-state index < -0.39 is 11.8 Å². The van der Waals surface area contributed by atoms with E-state index in [9.17, 15) is 9.18 Å². The van der Waals surface area contributed by atoms with E-state index in [2.05, 4.69) is 0 Å². The number of halogens is 1. The molecular weight excluding hydrogens is 249 g/mol. The third kappa shape index (κ3) is 5.21. The maximum absolute atomic E-state index is 13.5. The molecule has 1 aromatic carbocycles. The predicted octanol–water partition coefficient (Wildman–Crippen LogP) is 2.69. The molecule has 0 radical (unpaired) electrons. The second-order valence-electron chi connectivity index (χ2n) is 3.53. The van der Waals surface area contributed by atoms with E-state index in [0.29, 0.717) is 12.2 Å². The lowest BCUT2D eigenvalue weighted by Gasteiger charge is -2.04. The molecule has 4 nitrogen and oxygen atoms in total. The van der Waals surface area contributed by atoms with Crippen LogP contribution >= 0.6 is 0 Å². The summed E-state index contributed by atoms with van der Waals surface area (Å²) in [6.45, 7) is 2.21. The minimum atomic E-state index is -0.565. The van der Waals surface area contributed by atoms with Crippen LogP contribution in [0.15, 0.2) is 24.3 Å². The van der Waals surface area contributed by atoms with Crippen molar-refractivity contribution in [3.63, 3.8) is 0 Å². The van der Waals surface area contributed by atoms with Crippen LogP contribution < -0.4 is 4.74 Å². The van der Waals surface area contributed by atoms with Crippen molar-refractivity contribution in [1.82, 2.24) is 0 Å². The Kier molecular flexibility index (Phi) is 6.10. The van der Waals surface area contributed by atoms with Crippen LogP contribution in [0.1, 0.15) is 18.9 Å². The van der Waals surface area contributed by atoms with Crippen LogP contribution in [0.4, 0.5) is 4.39 Å². The summed E-state index contributed by atoms with van der Waals surface area (Å²) in [4.78, 5) is 11.2. The fraction of sp³-hybridized carbons (Fsp3) is 0.286. The number of hydrogen-bond donors (Lipinski definition) is 0. The van der Waals surface area contributed by atoms with Crippen molar-refractivity contribution in [3.8, 4) is 11.8 Å². The topological polar surface area (TPSA) is 59.3 Å². The quantitative estimate of drug-likeness (QED) is 0.450. The Morgan fingerprint density at radius 1 is 1.53 bits per heavy atom. The summed E-state index contributed by atoms with van der Waals surface area (Å²) in [5.74, 6) is -0.873. The van der Waals surface area contributed by atoms with Gasteiger partial charge in [0.05, 0.1) is 19.1 Å². The van der Waals surface area contributed by atoms with Crippen LogP contribution in [0.2, 0.25) is 0 Å². The molecule has 0 saturated heterocycles. The van der Waals surface area contributed by atoms with Gasteiger partial charge in [0.15, 0.2) is 11.6 Å². The van der Waals surface area contributed by atoms with Gasteiger partial charge in [0.2, 0.25) is 0 Å². The van der Waals surface area contributed by atoms with Crippen molar-refractivity contribution >= 4 is 12.0 Å². The Hall–Kier alpha value is -2.35. The normalized spacial score (nSPS) is 10.2. The highest BCUT2D eigenvalue weighted by Crippen LogP contribution is 2.18. The first-order chi connectivity index (χ1) is 9.17. The molecule has 5 heteroatoms.